The topological polar surface area (TPSA) is 53.0 Å². The molecule has 5 nitrogen and oxygen atoms in total. The average molecular weight is 416 g/mol. The Bertz CT molecular complexity index is 810. The Morgan fingerprint density at radius 3 is 2.42 bits per heavy atom. The van der Waals surface area contributed by atoms with E-state index in [1.165, 1.54) is 6.07 Å². The second-order valence-corrected chi connectivity index (χ2v) is 7.05. The Hall–Kier alpha value is -1.82. The number of phenolic OH excluding ortho intramolecular Hbond substituents is 1. The van der Waals surface area contributed by atoms with Gasteiger partial charge in [0.2, 0.25) is 0 Å². The van der Waals surface area contributed by atoms with Gasteiger partial charge in [0.05, 0.1) is 22.2 Å². The van der Waals surface area contributed by atoms with Gasteiger partial charge in [-0.3, -0.25) is 4.79 Å². The molecular weight excluding hydrogens is 399 g/mol. The van der Waals surface area contributed by atoms with Crippen LogP contribution in [0, 0.1) is 0 Å². The van der Waals surface area contributed by atoms with Crippen LogP contribution in [0.5, 0.6) is 11.5 Å². The minimum atomic E-state index is -0.387. The summed E-state index contributed by atoms with van der Waals surface area (Å²) in [6.45, 7) is 2.25. The van der Waals surface area contributed by atoms with Crippen molar-refractivity contribution < 1.29 is 14.6 Å². The summed E-state index contributed by atoms with van der Waals surface area (Å²) < 4.78 is 5.25. The molecule has 1 amide bonds. The van der Waals surface area contributed by atoms with Crippen molar-refractivity contribution in [3.63, 3.8) is 0 Å². The van der Waals surface area contributed by atoms with Gasteiger partial charge in [0.15, 0.2) is 0 Å². The molecule has 1 fully saturated rings. The summed E-state index contributed by atoms with van der Waals surface area (Å²) in [6.07, 6.45) is 0. The number of halogens is 3. The van der Waals surface area contributed by atoms with Gasteiger partial charge in [0.1, 0.15) is 17.1 Å². The van der Waals surface area contributed by atoms with Crippen LogP contribution in [0.2, 0.25) is 15.1 Å². The number of hydrogen-bond donors (Lipinski definition) is 1. The third kappa shape index (κ3) is 3.65. The molecule has 0 aliphatic carbocycles. The monoisotopic (exact) mass is 414 g/mol. The van der Waals surface area contributed by atoms with E-state index in [9.17, 15) is 9.90 Å². The zero-order chi connectivity index (χ0) is 18.8. The Morgan fingerprint density at radius 2 is 1.77 bits per heavy atom. The minimum Gasteiger partial charge on any atom is -0.505 e. The maximum atomic E-state index is 12.8. The van der Waals surface area contributed by atoms with Gasteiger partial charge in [-0.05, 0) is 18.2 Å². The fourth-order valence-corrected chi connectivity index (χ4v) is 3.60. The summed E-state index contributed by atoms with van der Waals surface area (Å²) in [6, 6.07) is 9.09. The second-order valence-electron chi connectivity index (χ2n) is 5.86. The number of hydrogen-bond acceptors (Lipinski definition) is 4. The van der Waals surface area contributed by atoms with Crippen molar-refractivity contribution in [3.05, 3.63) is 51.0 Å². The van der Waals surface area contributed by atoms with E-state index in [0.717, 1.165) is 11.4 Å². The summed E-state index contributed by atoms with van der Waals surface area (Å²) in [4.78, 5) is 16.6. The largest absolute Gasteiger partial charge is 0.505 e. The fourth-order valence-electron chi connectivity index (χ4n) is 2.91. The number of carbonyl (C=O) groups excluding carboxylic acids is 1. The van der Waals surface area contributed by atoms with Crippen LogP contribution in [0.1, 0.15) is 10.4 Å². The zero-order valence-corrected chi connectivity index (χ0v) is 16.3. The van der Waals surface area contributed by atoms with E-state index in [4.69, 9.17) is 39.5 Å². The predicted molar refractivity (Wildman–Crippen MR) is 104 cm³/mol. The number of anilines is 1. The Labute approximate surface area is 166 Å². The van der Waals surface area contributed by atoms with Crippen molar-refractivity contribution in [2.45, 2.75) is 0 Å². The number of ether oxygens (including phenoxy) is 1. The third-order valence-electron chi connectivity index (χ3n) is 4.34. The van der Waals surface area contributed by atoms with Crippen LogP contribution < -0.4 is 9.64 Å². The van der Waals surface area contributed by atoms with E-state index in [0.29, 0.717) is 26.2 Å². The first-order valence-electron chi connectivity index (χ1n) is 7.97. The number of phenols is 1. The van der Waals surface area contributed by atoms with E-state index < -0.39 is 0 Å². The quantitative estimate of drug-likeness (QED) is 0.758. The van der Waals surface area contributed by atoms with Crippen LogP contribution in [0.3, 0.4) is 0 Å². The normalized spacial score (nSPS) is 14.5. The van der Waals surface area contributed by atoms with Crippen molar-refractivity contribution in [1.29, 1.82) is 0 Å². The van der Waals surface area contributed by atoms with Gasteiger partial charge in [-0.1, -0.05) is 40.9 Å². The average Bonchev–Trinajstić information content (AvgIpc) is 2.66. The molecular formula is C18H17Cl3N2O3. The number of amides is 1. The molecule has 26 heavy (non-hydrogen) atoms. The van der Waals surface area contributed by atoms with Crippen molar-refractivity contribution in [2.24, 2.45) is 0 Å². The summed E-state index contributed by atoms with van der Waals surface area (Å²) in [5, 5.41) is 10.3. The molecule has 3 rings (SSSR count). The highest BCUT2D eigenvalue weighted by Gasteiger charge is 2.28. The molecule has 138 valence electrons. The van der Waals surface area contributed by atoms with Crippen LogP contribution in [-0.4, -0.2) is 49.2 Å². The van der Waals surface area contributed by atoms with Gasteiger partial charge in [-0.2, -0.15) is 0 Å². The molecule has 0 unspecified atom stereocenters. The molecule has 1 heterocycles. The lowest BCUT2D eigenvalue weighted by molar-refractivity contribution is 0.0744. The highest BCUT2D eigenvalue weighted by atomic mass is 35.5. The highest BCUT2D eigenvalue weighted by molar-refractivity contribution is 6.45. The van der Waals surface area contributed by atoms with Gasteiger partial charge in [0, 0.05) is 37.9 Å². The predicted octanol–water partition coefficient (Wildman–Crippen LogP) is 4.32. The third-order valence-corrected chi connectivity index (χ3v) is 5.42. The molecule has 1 aliphatic rings. The summed E-state index contributed by atoms with van der Waals surface area (Å²) in [7, 11) is 1.63. The molecule has 2 aromatic rings. The lowest BCUT2D eigenvalue weighted by Gasteiger charge is -2.36. The second kappa shape index (κ2) is 7.82. The Balaban J connectivity index is 1.75. The van der Waals surface area contributed by atoms with Crippen LogP contribution in [0.15, 0.2) is 30.3 Å². The van der Waals surface area contributed by atoms with Crippen molar-refractivity contribution in [2.75, 3.05) is 38.2 Å². The van der Waals surface area contributed by atoms with Gasteiger partial charge in [-0.25, -0.2) is 0 Å². The molecule has 1 saturated heterocycles. The molecule has 0 radical (unpaired) electrons. The van der Waals surface area contributed by atoms with E-state index >= 15 is 0 Å². The summed E-state index contributed by atoms with van der Waals surface area (Å²) >= 11 is 18.0. The standard InChI is InChI=1S/C18H17Cl3N2O3/c1-26-12-4-2-3-11(9-12)22-5-7-23(8-6-22)18(25)15-16(21)13(19)10-14(20)17(15)24/h2-4,9-10,24H,5-8H2,1H3. The molecule has 0 aromatic heterocycles. The number of methoxy groups -OCH3 is 1. The first-order valence-corrected chi connectivity index (χ1v) is 9.10. The van der Waals surface area contributed by atoms with E-state index in [1.807, 2.05) is 24.3 Å². The molecule has 0 saturated carbocycles. The van der Waals surface area contributed by atoms with Crippen LogP contribution in [0.4, 0.5) is 5.69 Å². The molecule has 0 bridgehead atoms. The SMILES string of the molecule is COc1cccc(N2CCN(C(=O)c3c(O)c(Cl)cc(Cl)c3Cl)CC2)c1. The number of nitrogens with zero attached hydrogens (tertiary/aromatic N) is 2. The summed E-state index contributed by atoms with van der Waals surface area (Å²) in [5.74, 6) is 0.0507. The van der Waals surface area contributed by atoms with E-state index in [-0.39, 0.29) is 32.3 Å². The van der Waals surface area contributed by atoms with Crippen LogP contribution in [0.25, 0.3) is 0 Å². The first kappa shape index (κ1) is 19.0. The van der Waals surface area contributed by atoms with Crippen molar-refractivity contribution >= 4 is 46.4 Å². The van der Waals surface area contributed by atoms with Crippen molar-refractivity contribution in [3.8, 4) is 11.5 Å². The van der Waals surface area contributed by atoms with Gasteiger partial charge >= 0.3 is 0 Å². The van der Waals surface area contributed by atoms with Crippen LogP contribution in [-0.2, 0) is 0 Å². The van der Waals surface area contributed by atoms with Gasteiger partial charge in [0.25, 0.3) is 5.91 Å². The Kier molecular flexibility index (Phi) is 5.70. The van der Waals surface area contributed by atoms with E-state index in [1.54, 1.807) is 12.0 Å². The maximum absolute atomic E-state index is 12.8. The van der Waals surface area contributed by atoms with Crippen LogP contribution >= 0.6 is 34.8 Å². The molecule has 8 heteroatoms. The molecule has 1 aliphatic heterocycles. The number of rotatable bonds is 3. The maximum Gasteiger partial charge on any atom is 0.259 e. The number of benzene rings is 2. The zero-order valence-electron chi connectivity index (χ0n) is 14.0. The number of aromatic hydroxyl groups is 1. The minimum absolute atomic E-state index is 0.00207. The fraction of sp³-hybridized carbons (Fsp3) is 0.278. The highest BCUT2D eigenvalue weighted by Crippen LogP contribution is 2.39. The number of carbonyl (C=O) groups is 1. The molecule has 2 aromatic carbocycles. The molecule has 0 atom stereocenters. The summed E-state index contributed by atoms with van der Waals surface area (Å²) in [5.41, 5.74) is 0.974. The number of piperazine rings is 1. The molecule has 0 spiro atoms. The Morgan fingerprint density at radius 1 is 1.08 bits per heavy atom. The first-order chi connectivity index (χ1) is 12.4. The lowest BCUT2D eigenvalue weighted by Crippen LogP contribution is -2.48. The lowest BCUT2D eigenvalue weighted by atomic mass is 10.1. The molecule has 1 N–H and O–H groups in total. The smallest absolute Gasteiger partial charge is 0.259 e. The van der Waals surface area contributed by atoms with Gasteiger partial charge < -0.3 is 19.6 Å². The van der Waals surface area contributed by atoms with E-state index in [2.05, 4.69) is 4.90 Å². The van der Waals surface area contributed by atoms with Crippen molar-refractivity contribution in [1.82, 2.24) is 4.90 Å². The van der Waals surface area contributed by atoms with Gasteiger partial charge in [-0.15, -0.1) is 0 Å².